The first-order valence-electron chi connectivity index (χ1n) is 6.25. The number of nitrogens with one attached hydrogen (secondary N) is 2. The van der Waals surface area contributed by atoms with E-state index in [0.29, 0.717) is 29.6 Å². The zero-order valence-electron chi connectivity index (χ0n) is 11.9. The minimum Gasteiger partial charge on any atom is -0.434 e. The number of rotatable bonds is 6. The highest BCUT2D eigenvalue weighted by Crippen LogP contribution is 2.25. The average Bonchev–Trinajstić information content (AvgIpc) is 2.44. The average molecular weight is 444 g/mol. The van der Waals surface area contributed by atoms with Crippen LogP contribution in [0, 0.1) is 12.3 Å². The smallest absolute Gasteiger partial charge is 0.387 e. The standard InChI is InChI=1S/C14H16ClF2N3O.HI/c1-3-7-19-14(18-4-2)20-9-10-8-11(15)5-6-12(10)21-13(16)17;/h1,5-6,8,13H,4,7,9H2,2H3,(H2,18,19,20);1H. The van der Waals surface area contributed by atoms with Crippen LogP contribution in [0.15, 0.2) is 23.2 Å². The molecule has 1 rings (SSSR count). The fourth-order valence-electron chi connectivity index (χ4n) is 1.52. The first-order chi connectivity index (χ1) is 10.1. The van der Waals surface area contributed by atoms with E-state index in [1.807, 2.05) is 6.92 Å². The number of benzene rings is 1. The van der Waals surface area contributed by atoms with Crippen LogP contribution in [0.4, 0.5) is 8.78 Å². The van der Waals surface area contributed by atoms with E-state index >= 15 is 0 Å². The number of nitrogens with zero attached hydrogens (tertiary/aromatic N) is 1. The van der Waals surface area contributed by atoms with Crippen molar-refractivity contribution in [2.24, 2.45) is 4.99 Å². The maximum Gasteiger partial charge on any atom is 0.387 e. The van der Waals surface area contributed by atoms with Gasteiger partial charge in [-0.2, -0.15) is 8.78 Å². The summed E-state index contributed by atoms with van der Waals surface area (Å²) >= 11 is 5.86. The van der Waals surface area contributed by atoms with E-state index in [4.69, 9.17) is 18.0 Å². The van der Waals surface area contributed by atoms with E-state index in [1.54, 1.807) is 0 Å². The minimum absolute atomic E-state index is 0. The first kappa shape index (κ1) is 20.7. The molecule has 0 aromatic heterocycles. The molecule has 0 amide bonds. The van der Waals surface area contributed by atoms with Crippen LogP contribution in [-0.2, 0) is 6.54 Å². The van der Waals surface area contributed by atoms with E-state index in [1.165, 1.54) is 18.2 Å². The van der Waals surface area contributed by atoms with Gasteiger partial charge in [0.25, 0.3) is 0 Å². The molecular weight excluding hydrogens is 427 g/mol. The summed E-state index contributed by atoms with van der Waals surface area (Å²) < 4.78 is 29.1. The van der Waals surface area contributed by atoms with E-state index in [0.717, 1.165) is 0 Å². The van der Waals surface area contributed by atoms with Gasteiger partial charge in [-0.3, -0.25) is 0 Å². The molecule has 1 aromatic carbocycles. The van der Waals surface area contributed by atoms with Gasteiger partial charge in [0.05, 0.1) is 13.1 Å². The molecule has 0 aliphatic heterocycles. The van der Waals surface area contributed by atoms with Gasteiger partial charge in [-0.25, -0.2) is 4.99 Å². The molecule has 22 heavy (non-hydrogen) atoms. The van der Waals surface area contributed by atoms with Crippen LogP contribution in [-0.4, -0.2) is 25.7 Å². The van der Waals surface area contributed by atoms with Crippen molar-refractivity contribution in [3.8, 4) is 18.1 Å². The Morgan fingerprint density at radius 1 is 1.45 bits per heavy atom. The number of hydrogen-bond acceptors (Lipinski definition) is 2. The molecule has 0 atom stereocenters. The second kappa shape index (κ2) is 11.3. The number of hydrogen-bond donors (Lipinski definition) is 2. The molecule has 0 spiro atoms. The summed E-state index contributed by atoms with van der Waals surface area (Å²) in [6, 6.07) is 4.41. The van der Waals surface area contributed by atoms with Crippen LogP contribution >= 0.6 is 35.6 Å². The molecule has 0 bridgehead atoms. The van der Waals surface area contributed by atoms with Crippen molar-refractivity contribution in [3.63, 3.8) is 0 Å². The van der Waals surface area contributed by atoms with Crippen molar-refractivity contribution in [2.45, 2.75) is 20.1 Å². The molecule has 0 unspecified atom stereocenters. The molecule has 0 aliphatic rings. The van der Waals surface area contributed by atoms with Gasteiger partial charge >= 0.3 is 6.61 Å². The van der Waals surface area contributed by atoms with Crippen molar-refractivity contribution in [1.29, 1.82) is 0 Å². The number of guanidine groups is 1. The number of alkyl halides is 2. The molecule has 0 radical (unpaired) electrons. The number of ether oxygens (including phenoxy) is 1. The molecule has 0 saturated heterocycles. The quantitative estimate of drug-likeness (QED) is 0.307. The van der Waals surface area contributed by atoms with E-state index < -0.39 is 6.61 Å². The van der Waals surface area contributed by atoms with Gasteiger partial charge in [0.2, 0.25) is 0 Å². The lowest BCUT2D eigenvalue weighted by Gasteiger charge is -2.12. The highest BCUT2D eigenvalue weighted by molar-refractivity contribution is 14.0. The predicted octanol–water partition coefficient (Wildman–Crippen LogP) is 3.25. The highest BCUT2D eigenvalue weighted by atomic mass is 127. The Bertz CT molecular complexity index is 535. The summed E-state index contributed by atoms with van der Waals surface area (Å²) in [4.78, 5) is 4.25. The first-order valence-corrected chi connectivity index (χ1v) is 6.63. The summed E-state index contributed by atoms with van der Waals surface area (Å²) in [6.07, 6.45) is 5.16. The van der Waals surface area contributed by atoms with Gasteiger partial charge in [0, 0.05) is 17.1 Å². The normalized spacial score (nSPS) is 10.6. The topological polar surface area (TPSA) is 45.7 Å². The SMILES string of the molecule is C#CCNC(=NCc1cc(Cl)ccc1OC(F)F)NCC.I. The van der Waals surface area contributed by atoms with E-state index in [2.05, 4.69) is 26.3 Å². The van der Waals surface area contributed by atoms with Crippen LogP contribution in [0.1, 0.15) is 12.5 Å². The van der Waals surface area contributed by atoms with Gasteiger partial charge in [0.1, 0.15) is 5.75 Å². The Labute approximate surface area is 150 Å². The zero-order valence-corrected chi connectivity index (χ0v) is 15.0. The molecule has 0 aliphatic carbocycles. The summed E-state index contributed by atoms with van der Waals surface area (Å²) in [7, 11) is 0. The number of halogens is 4. The van der Waals surface area contributed by atoms with Gasteiger partial charge < -0.3 is 15.4 Å². The Morgan fingerprint density at radius 3 is 2.77 bits per heavy atom. The van der Waals surface area contributed by atoms with Gasteiger partial charge in [-0.05, 0) is 25.1 Å². The summed E-state index contributed by atoms with van der Waals surface area (Å²) in [6.45, 7) is 0.0794. The van der Waals surface area contributed by atoms with Crippen LogP contribution in [0.25, 0.3) is 0 Å². The van der Waals surface area contributed by atoms with E-state index in [-0.39, 0.29) is 36.3 Å². The van der Waals surface area contributed by atoms with E-state index in [9.17, 15) is 8.78 Å². The monoisotopic (exact) mass is 443 g/mol. The Kier molecular flexibility index (Phi) is 10.7. The lowest BCUT2D eigenvalue weighted by Crippen LogP contribution is -2.37. The van der Waals surface area contributed by atoms with Crippen LogP contribution in [0.5, 0.6) is 5.75 Å². The molecule has 4 nitrogen and oxygen atoms in total. The Hall–Kier alpha value is -1.27. The van der Waals surface area contributed by atoms with Crippen molar-refractivity contribution in [3.05, 3.63) is 28.8 Å². The fourth-order valence-corrected chi connectivity index (χ4v) is 1.72. The third-order valence-corrected chi connectivity index (χ3v) is 2.58. The largest absolute Gasteiger partial charge is 0.434 e. The zero-order chi connectivity index (χ0) is 15.7. The van der Waals surface area contributed by atoms with Crippen LogP contribution in [0.2, 0.25) is 5.02 Å². The minimum atomic E-state index is -2.90. The second-order valence-corrected chi connectivity index (χ2v) is 4.32. The van der Waals surface area contributed by atoms with Gasteiger partial charge in [-0.15, -0.1) is 30.4 Å². The lowest BCUT2D eigenvalue weighted by atomic mass is 10.2. The lowest BCUT2D eigenvalue weighted by molar-refractivity contribution is -0.0504. The van der Waals surface area contributed by atoms with Crippen molar-refractivity contribution in [2.75, 3.05) is 13.1 Å². The molecule has 0 saturated carbocycles. The van der Waals surface area contributed by atoms with Crippen LogP contribution in [0.3, 0.4) is 0 Å². The molecule has 122 valence electrons. The highest BCUT2D eigenvalue weighted by Gasteiger charge is 2.10. The predicted molar refractivity (Wildman–Crippen MR) is 95.2 cm³/mol. The summed E-state index contributed by atoms with van der Waals surface area (Å²) in [5.41, 5.74) is 0.459. The summed E-state index contributed by atoms with van der Waals surface area (Å²) in [5.74, 6) is 2.96. The maximum atomic E-state index is 12.3. The molecule has 2 N–H and O–H groups in total. The van der Waals surface area contributed by atoms with Crippen molar-refractivity contribution < 1.29 is 13.5 Å². The number of terminal acetylenes is 1. The molecule has 0 fully saturated rings. The Balaban J connectivity index is 0.00000441. The third kappa shape index (κ3) is 7.66. The molecule has 8 heteroatoms. The van der Waals surface area contributed by atoms with Crippen LogP contribution < -0.4 is 15.4 Å². The maximum absolute atomic E-state index is 12.3. The molecule has 0 heterocycles. The summed E-state index contributed by atoms with van der Waals surface area (Å²) in [5, 5.41) is 6.30. The Morgan fingerprint density at radius 2 is 2.18 bits per heavy atom. The van der Waals surface area contributed by atoms with Crippen molar-refractivity contribution in [1.82, 2.24) is 10.6 Å². The van der Waals surface area contributed by atoms with Gasteiger partial charge in [0.15, 0.2) is 5.96 Å². The van der Waals surface area contributed by atoms with Gasteiger partial charge in [-0.1, -0.05) is 17.5 Å². The second-order valence-electron chi connectivity index (χ2n) is 3.88. The number of aliphatic imine (C=N–C) groups is 1. The third-order valence-electron chi connectivity index (χ3n) is 2.35. The molecule has 1 aromatic rings. The molecular formula is C14H17ClF2IN3O. The van der Waals surface area contributed by atoms with Crippen molar-refractivity contribution >= 4 is 41.5 Å². The fraction of sp³-hybridized carbons (Fsp3) is 0.357.